The molecule has 1 aliphatic heterocycles. The van der Waals surface area contributed by atoms with Crippen molar-refractivity contribution in [1.29, 1.82) is 0 Å². The van der Waals surface area contributed by atoms with Crippen molar-refractivity contribution in [3.8, 4) is 0 Å². The largest absolute Gasteiger partial charge is 0.481 e. The fraction of sp³-hybridized carbons (Fsp3) is 0.235. The molecule has 1 aromatic heterocycles. The Morgan fingerprint density at radius 2 is 1.88 bits per heavy atom. The van der Waals surface area contributed by atoms with E-state index in [0.717, 1.165) is 21.9 Å². The molecule has 1 aliphatic rings. The number of fused-ring (bicyclic) bond motifs is 2. The number of carboxylic acids is 1. The van der Waals surface area contributed by atoms with Crippen LogP contribution >= 0.6 is 0 Å². The van der Waals surface area contributed by atoms with Gasteiger partial charge in [-0.05, 0) is 46.2 Å². The van der Waals surface area contributed by atoms with Crippen molar-refractivity contribution in [2.45, 2.75) is 19.9 Å². The van der Waals surface area contributed by atoms with Crippen molar-refractivity contribution in [1.82, 2.24) is 20.2 Å². The van der Waals surface area contributed by atoms with Crippen LogP contribution in [0.4, 0.5) is 5.95 Å². The second kappa shape index (κ2) is 5.23. The van der Waals surface area contributed by atoms with E-state index >= 15 is 0 Å². The SMILES string of the molecule is CC1=Nc2nnnn2C(c2ccc(C)c3ccccc23)C1C(=O)O. The lowest BCUT2D eigenvalue weighted by Crippen LogP contribution is -2.36. The number of carbonyl (C=O) groups is 1. The van der Waals surface area contributed by atoms with Gasteiger partial charge in [0.05, 0.1) is 0 Å². The van der Waals surface area contributed by atoms with E-state index in [4.69, 9.17) is 0 Å². The van der Waals surface area contributed by atoms with Gasteiger partial charge in [-0.2, -0.15) is 0 Å². The van der Waals surface area contributed by atoms with E-state index < -0.39 is 17.9 Å². The average molecular weight is 321 g/mol. The van der Waals surface area contributed by atoms with Gasteiger partial charge in [-0.25, -0.2) is 9.67 Å². The molecule has 7 nitrogen and oxygen atoms in total. The van der Waals surface area contributed by atoms with Crippen molar-refractivity contribution in [3.05, 3.63) is 47.5 Å². The summed E-state index contributed by atoms with van der Waals surface area (Å²) in [5.74, 6) is -1.42. The summed E-state index contributed by atoms with van der Waals surface area (Å²) in [6.45, 7) is 3.75. The Morgan fingerprint density at radius 1 is 1.12 bits per heavy atom. The van der Waals surface area contributed by atoms with Gasteiger partial charge in [0.2, 0.25) is 0 Å². The number of aromatic nitrogens is 4. The van der Waals surface area contributed by atoms with E-state index in [-0.39, 0.29) is 0 Å². The molecular weight excluding hydrogens is 306 g/mol. The van der Waals surface area contributed by atoms with Crippen molar-refractivity contribution < 1.29 is 9.90 Å². The highest BCUT2D eigenvalue weighted by Gasteiger charge is 2.39. The Labute approximate surface area is 137 Å². The van der Waals surface area contributed by atoms with Gasteiger partial charge in [-0.1, -0.05) is 41.5 Å². The summed E-state index contributed by atoms with van der Waals surface area (Å²) in [5, 5.41) is 23.4. The van der Waals surface area contributed by atoms with Gasteiger partial charge >= 0.3 is 5.97 Å². The Morgan fingerprint density at radius 3 is 2.62 bits per heavy atom. The van der Waals surface area contributed by atoms with Crippen molar-refractivity contribution in [2.75, 3.05) is 0 Å². The fourth-order valence-electron chi connectivity index (χ4n) is 3.40. The van der Waals surface area contributed by atoms with E-state index in [9.17, 15) is 9.90 Å². The van der Waals surface area contributed by atoms with E-state index in [1.165, 1.54) is 4.68 Å². The zero-order valence-corrected chi connectivity index (χ0v) is 13.2. The molecule has 7 heteroatoms. The lowest BCUT2D eigenvalue weighted by atomic mass is 9.85. The normalized spacial score (nSPS) is 19.8. The fourth-order valence-corrected chi connectivity index (χ4v) is 3.40. The molecule has 2 atom stereocenters. The number of hydrogen-bond acceptors (Lipinski definition) is 5. The van der Waals surface area contributed by atoms with Crippen LogP contribution < -0.4 is 0 Å². The van der Waals surface area contributed by atoms with Gasteiger partial charge in [0.15, 0.2) is 0 Å². The number of nitrogens with zero attached hydrogens (tertiary/aromatic N) is 5. The summed E-state index contributed by atoms with van der Waals surface area (Å²) in [6, 6.07) is 11.4. The number of benzene rings is 2. The monoisotopic (exact) mass is 321 g/mol. The summed E-state index contributed by atoms with van der Waals surface area (Å²) in [5.41, 5.74) is 2.52. The molecule has 4 rings (SSSR count). The first kappa shape index (κ1) is 14.5. The summed E-state index contributed by atoms with van der Waals surface area (Å²) in [7, 11) is 0. The molecule has 0 fully saturated rings. The molecule has 24 heavy (non-hydrogen) atoms. The molecule has 1 N–H and O–H groups in total. The Kier molecular flexibility index (Phi) is 3.16. The molecule has 2 unspecified atom stereocenters. The lowest BCUT2D eigenvalue weighted by molar-refractivity contribution is -0.140. The summed E-state index contributed by atoms with van der Waals surface area (Å²) >= 11 is 0. The van der Waals surface area contributed by atoms with Crippen molar-refractivity contribution >= 4 is 28.4 Å². The third-order valence-corrected chi connectivity index (χ3v) is 4.54. The van der Waals surface area contributed by atoms with Crippen LogP contribution in [0.5, 0.6) is 0 Å². The van der Waals surface area contributed by atoms with Crippen LogP contribution in [0, 0.1) is 12.8 Å². The smallest absolute Gasteiger partial charge is 0.314 e. The van der Waals surface area contributed by atoms with E-state index in [1.54, 1.807) is 6.92 Å². The minimum Gasteiger partial charge on any atom is -0.481 e. The highest BCUT2D eigenvalue weighted by molar-refractivity contribution is 6.03. The zero-order chi connectivity index (χ0) is 16.8. The third kappa shape index (κ3) is 2.01. The maximum Gasteiger partial charge on any atom is 0.314 e. The predicted octanol–water partition coefficient (Wildman–Crippen LogP) is 2.53. The maximum absolute atomic E-state index is 11.9. The Hall–Kier alpha value is -3.09. The number of aliphatic carboxylic acids is 1. The van der Waals surface area contributed by atoms with Crippen LogP contribution in [0.2, 0.25) is 0 Å². The molecule has 0 bridgehead atoms. The van der Waals surface area contributed by atoms with Gasteiger partial charge in [0, 0.05) is 5.71 Å². The van der Waals surface area contributed by atoms with E-state index in [1.807, 2.05) is 43.3 Å². The number of hydrogen-bond donors (Lipinski definition) is 1. The standard InChI is InChI=1S/C17H15N5O2/c1-9-7-8-13(12-6-4-3-5-11(9)12)15-14(16(23)24)10(2)18-17-19-20-21-22(15)17/h3-8,14-15H,1-2H3,(H,23,24). The van der Waals surface area contributed by atoms with E-state index in [2.05, 4.69) is 20.5 Å². The number of aliphatic imine (C=N–C) groups is 1. The number of tetrazole rings is 1. The first-order chi connectivity index (χ1) is 11.6. The van der Waals surface area contributed by atoms with Gasteiger partial charge in [-0.3, -0.25) is 4.79 Å². The Bertz CT molecular complexity index is 992. The quantitative estimate of drug-likeness (QED) is 0.783. The summed E-state index contributed by atoms with van der Waals surface area (Å²) < 4.78 is 1.50. The van der Waals surface area contributed by atoms with Crippen LogP contribution in [0.25, 0.3) is 10.8 Å². The van der Waals surface area contributed by atoms with Gasteiger partial charge in [0.25, 0.3) is 5.95 Å². The molecular formula is C17H15N5O2. The van der Waals surface area contributed by atoms with Crippen molar-refractivity contribution in [3.63, 3.8) is 0 Å². The first-order valence-corrected chi connectivity index (χ1v) is 7.62. The highest BCUT2D eigenvalue weighted by atomic mass is 16.4. The highest BCUT2D eigenvalue weighted by Crippen LogP contribution is 2.38. The van der Waals surface area contributed by atoms with Gasteiger partial charge in [0.1, 0.15) is 12.0 Å². The van der Waals surface area contributed by atoms with Gasteiger partial charge in [-0.15, -0.1) is 0 Å². The predicted molar refractivity (Wildman–Crippen MR) is 88.5 cm³/mol. The second-order valence-corrected chi connectivity index (χ2v) is 5.95. The van der Waals surface area contributed by atoms with Crippen LogP contribution in [-0.4, -0.2) is 37.0 Å². The molecule has 2 heterocycles. The number of rotatable bonds is 2. The molecule has 3 aromatic rings. The number of carboxylic acid groups (broad SMARTS) is 1. The van der Waals surface area contributed by atoms with Gasteiger partial charge < -0.3 is 5.11 Å². The van der Waals surface area contributed by atoms with Crippen LogP contribution in [0.15, 0.2) is 41.4 Å². The molecule has 0 spiro atoms. The second-order valence-electron chi connectivity index (χ2n) is 5.95. The molecule has 2 aromatic carbocycles. The minimum absolute atomic E-state index is 0.333. The molecule has 120 valence electrons. The molecule has 0 amide bonds. The Balaban J connectivity index is 2.03. The van der Waals surface area contributed by atoms with Crippen LogP contribution in [0.3, 0.4) is 0 Å². The molecule has 0 saturated heterocycles. The topological polar surface area (TPSA) is 93.3 Å². The first-order valence-electron chi connectivity index (χ1n) is 7.62. The lowest BCUT2D eigenvalue weighted by Gasteiger charge is -2.28. The number of aryl methyl sites for hydroxylation is 1. The zero-order valence-electron chi connectivity index (χ0n) is 13.2. The molecule has 0 aliphatic carbocycles. The van der Waals surface area contributed by atoms with Crippen LogP contribution in [0.1, 0.15) is 24.1 Å². The van der Waals surface area contributed by atoms with E-state index in [0.29, 0.717) is 11.7 Å². The van der Waals surface area contributed by atoms with Crippen molar-refractivity contribution in [2.24, 2.45) is 10.9 Å². The average Bonchev–Trinajstić information content (AvgIpc) is 3.02. The maximum atomic E-state index is 11.9. The molecule has 0 saturated carbocycles. The van der Waals surface area contributed by atoms with Crippen LogP contribution in [-0.2, 0) is 4.79 Å². The third-order valence-electron chi connectivity index (χ3n) is 4.54. The molecule has 0 radical (unpaired) electrons. The summed E-state index contributed by atoms with van der Waals surface area (Å²) in [4.78, 5) is 16.2. The summed E-state index contributed by atoms with van der Waals surface area (Å²) in [6.07, 6.45) is 0. The minimum atomic E-state index is -0.938.